The molecule has 0 amide bonds. The zero-order chi connectivity index (χ0) is 10.4. The van der Waals surface area contributed by atoms with Crippen LogP contribution in [0.15, 0.2) is 18.2 Å². The lowest BCUT2D eigenvalue weighted by molar-refractivity contribution is 1.09. The van der Waals surface area contributed by atoms with Crippen LogP contribution in [-0.2, 0) is 0 Å². The van der Waals surface area contributed by atoms with Gasteiger partial charge in [-0.25, -0.2) is 0 Å². The van der Waals surface area contributed by atoms with Gasteiger partial charge in [0.25, 0.3) is 0 Å². The summed E-state index contributed by atoms with van der Waals surface area (Å²) in [7, 11) is 0. The van der Waals surface area contributed by atoms with Crippen LogP contribution in [0.25, 0.3) is 0 Å². The molecular formula is C12H12N2. The molecule has 0 heterocycles. The van der Waals surface area contributed by atoms with E-state index in [0.717, 1.165) is 11.3 Å². The molecule has 0 radical (unpaired) electrons. The van der Waals surface area contributed by atoms with Crippen molar-refractivity contribution < 1.29 is 0 Å². The average molecular weight is 184 g/mol. The molecule has 0 aliphatic heterocycles. The van der Waals surface area contributed by atoms with Crippen molar-refractivity contribution >= 4 is 5.69 Å². The van der Waals surface area contributed by atoms with Gasteiger partial charge in [-0.2, -0.15) is 5.26 Å². The maximum absolute atomic E-state index is 8.87. The van der Waals surface area contributed by atoms with Crippen molar-refractivity contribution in [2.75, 3.05) is 11.9 Å². The second kappa shape index (κ2) is 4.94. The van der Waals surface area contributed by atoms with E-state index in [9.17, 15) is 0 Å². The molecular weight excluding hydrogens is 172 g/mol. The normalized spacial score (nSPS) is 8.79. The molecule has 0 unspecified atom stereocenters. The number of para-hydroxylation sites is 1. The molecule has 1 aromatic carbocycles. The van der Waals surface area contributed by atoms with Crippen LogP contribution in [0, 0.1) is 30.6 Å². The molecule has 2 nitrogen and oxygen atoms in total. The van der Waals surface area contributed by atoms with Crippen LogP contribution in [0.4, 0.5) is 5.69 Å². The first-order valence-corrected chi connectivity index (χ1v) is 4.46. The number of nitrogens with zero attached hydrogens (tertiary/aromatic N) is 1. The van der Waals surface area contributed by atoms with E-state index < -0.39 is 0 Å². The first-order valence-electron chi connectivity index (χ1n) is 4.46. The van der Waals surface area contributed by atoms with Gasteiger partial charge < -0.3 is 5.32 Å². The molecule has 0 fully saturated rings. The summed E-state index contributed by atoms with van der Waals surface area (Å²) in [6.45, 7) is 2.68. The maximum atomic E-state index is 8.87. The van der Waals surface area contributed by atoms with E-state index in [-0.39, 0.29) is 0 Å². The van der Waals surface area contributed by atoms with Crippen LogP contribution >= 0.6 is 0 Å². The molecule has 0 saturated heterocycles. The highest BCUT2D eigenvalue weighted by molar-refractivity contribution is 5.62. The SMILES string of the molecule is C#CCCNc1c(C)cccc1C#N. The lowest BCUT2D eigenvalue weighted by Gasteiger charge is -2.09. The van der Waals surface area contributed by atoms with Crippen LogP contribution in [0.5, 0.6) is 0 Å². The number of anilines is 1. The van der Waals surface area contributed by atoms with Crippen LogP contribution in [0.2, 0.25) is 0 Å². The molecule has 2 heteroatoms. The molecule has 0 aliphatic rings. The quantitative estimate of drug-likeness (QED) is 0.578. The zero-order valence-corrected chi connectivity index (χ0v) is 8.17. The average Bonchev–Trinajstić information content (AvgIpc) is 2.20. The molecule has 70 valence electrons. The van der Waals surface area contributed by atoms with Crippen molar-refractivity contribution in [3.05, 3.63) is 29.3 Å². The first-order chi connectivity index (χ1) is 6.79. The summed E-state index contributed by atoms with van der Waals surface area (Å²) in [5.41, 5.74) is 2.63. The van der Waals surface area contributed by atoms with Crippen molar-refractivity contribution in [3.8, 4) is 18.4 Å². The Bertz CT molecular complexity index is 394. The van der Waals surface area contributed by atoms with E-state index >= 15 is 0 Å². The molecule has 1 rings (SSSR count). The number of nitrogens with one attached hydrogen (secondary N) is 1. The van der Waals surface area contributed by atoms with Gasteiger partial charge >= 0.3 is 0 Å². The number of aryl methyl sites for hydroxylation is 1. The van der Waals surface area contributed by atoms with Gasteiger partial charge in [-0.1, -0.05) is 12.1 Å². The summed E-state index contributed by atoms with van der Waals surface area (Å²) in [5.74, 6) is 2.55. The van der Waals surface area contributed by atoms with E-state index in [4.69, 9.17) is 11.7 Å². The zero-order valence-electron chi connectivity index (χ0n) is 8.17. The van der Waals surface area contributed by atoms with Crippen molar-refractivity contribution in [3.63, 3.8) is 0 Å². The van der Waals surface area contributed by atoms with Crippen LogP contribution in [0.1, 0.15) is 17.5 Å². The minimum atomic E-state index is 0.666. The Morgan fingerprint density at radius 3 is 2.93 bits per heavy atom. The topological polar surface area (TPSA) is 35.8 Å². The highest BCUT2D eigenvalue weighted by Gasteiger charge is 2.02. The van der Waals surface area contributed by atoms with Crippen LogP contribution in [0.3, 0.4) is 0 Å². The van der Waals surface area contributed by atoms with E-state index in [2.05, 4.69) is 17.3 Å². The third-order valence-electron chi connectivity index (χ3n) is 1.96. The summed E-state index contributed by atoms with van der Waals surface area (Å²) in [6, 6.07) is 7.79. The summed E-state index contributed by atoms with van der Waals surface area (Å²) in [5, 5.41) is 12.0. The minimum Gasteiger partial charge on any atom is -0.383 e. The molecule has 1 N–H and O–H groups in total. The second-order valence-corrected chi connectivity index (χ2v) is 2.99. The van der Waals surface area contributed by atoms with Gasteiger partial charge in [-0.15, -0.1) is 12.3 Å². The van der Waals surface area contributed by atoms with Crippen molar-refractivity contribution in [2.24, 2.45) is 0 Å². The Morgan fingerprint density at radius 1 is 1.50 bits per heavy atom. The predicted molar refractivity (Wildman–Crippen MR) is 57.8 cm³/mol. The summed E-state index contributed by atoms with van der Waals surface area (Å²) >= 11 is 0. The predicted octanol–water partition coefficient (Wildman–Crippen LogP) is 2.30. The number of nitriles is 1. The third kappa shape index (κ3) is 2.28. The molecule has 1 aromatic rings. The fourth-order valence-corrected chi connectivity index (χ4v) is 1.26. The van der Waals surface area contributed by atoms with Gasteiger partial charge in [0.05, 0.1) is 11.3 Å². The lowest BCUT2D eigenvalue weighted by Crippen LogP contribution is -2.03. The standard InChI is InChI=1S/C12H12N2/c1-3-4-8-14-12-10(2)6-5-7-11(12)9-13/h1,5-7,14H,4,8H2,2H3. The fraction of sp³-hybridized carbons (Fsp3) is 0.250. The number of terminal acetylenes is 1. The molecule has 14 heavy (non-hydrogen) atoms. The minimum absolute atomic E-state index is 0.666. The molecule has 0 spiro atoms. The van der Waals surface area contributed by atoms with Gasteiger partial charge in [0, 0.05) is 13.0 Å². The number of hydrogen-bond acceptors (Lipinski definition) is 2. The van der Waals surface area contributed by atoms with Crippen molar-refractivity contribution in [2.45, 2.75) is 13.3 Å². The molecule has 0 saturated carbocycles. The Hall–Kier alpha value is -1.93. The maximum Gasteiger partial charge on any atom is 0.101 e. The van der Waals surface area contributed by atoms with Gasteiger partial charge in [-0.3, -0.25) is 0 Å². The van der Waals surface area contributed by atoms with E-state index in [1.807, 2.05) is 19.1 Å². The summed E-state index contributed by atoms with van der Waals surface area (Å²) < 4.78 is 0. The molecule has 0 bridgehead atoms. The fourth-order valence-electron chi connectivity index (χ4n) is 1.26. The van der Waals surface area contributed by atoms with Crippen LogP contribution < -0.4 is 5.32 Å². The number of hydrogen-bond donors (Lipinski definition) is 1. The van der Waals surface area contributed by atoms with Gasteiger partial charge in [0.2, 0.25) is 0 Å². The first kappa shape index (κ1) is 10.2. The van der Waals surface area contributed by atoms with Gasteiger partial charge in [0.1, 0.15) is 6.07 Å². The highest BCUT2D eigenvalue weighted by atomic mass is 14.9. The Labute approximate surface area is 84.6 Å². The van der Waals surface area contributed by atoms with Crippen LogP contribution in [-0.4, -0.2) is 6.54 Å². The van der Waals surface area contributed by atoms with E-state index in [1.54, 1.807) is 6.07 Å². The van der Waals surface area contributed by atoms with Crippen molar-refractivity contribution in [1.29, 1.82) is 5.26 Å². The monoisotopic (exact) mass is 184 g/mol. The molecule has 0 atom stereocenters. The molecule has 0 aromatic heterocycles. The number of benzene rings is 1. The second-order valence-electron chi connectivity index (χ2n) is 2.99. The van der Waals surface area contributed by atoms with E-state index in [1.165, 1.54) is 0 Å². The van der Waals surface area contributed by atoms with E-state index in [0.29, 0.717) is 18.5 Å². The van der Waals surface area contributed by atoms with Crippen molar-refractivity contribution in [1.82, 2.24) is 0 Å². The Morgan fingerprint density at radius 2 is 2.29 bits per heavy atom. The van der Waals surface area contributed by atoms with Gasteiger partial charge in [-0.05, 0) is 18.6 Å². The third-order valence-corrected chi connectivity index (χ3v) is 1.96. The summed E-state index contributed by atoms with van der Waals surface area (Å²) in [4.78, 5) is 0. The Kier molecular flexibility index (Phi) is 3.58. The largest absolute Gasteiger partial charge is 0.383 e. The molecule has 0 aliphatic carbocycles. The highest BCUT2D eigenvalue weighted by Crippen LogP contribution is 2.19. The lowest BCUT2D eigenvalue weighted by atomic mass is 10.1. The smallest absolute Gasteiger partial charge is 0.101 e. The summed E-state index contributed by atoms with van der Waals surface area (Å²) in [6.07, 6.45) is 5.81. The Balaban J connectivity index is 2.85. The number of rotatable bonds is 3. The van der Waals surface area contributed by atoms with Gasteiger partial charge in [0.15, 0.2) is 0 Å².